The number of Topliss-reactive ketones (excluding diaryl/α,β-unsaturated/α-hetero) is 2. The topological polar surface area (TPSA) is 228 Å². The Hall–Kier alpha value is -4.60. The van der Waals surface area contributed by atoms with Crippen LogP contribution in [-0.4, -0.2) is 91.9 Å². The molecule has 1 aliphatic carbocycles. The van der Waals surface area contributed by atoms with E-state index >= 15 is 0 Å². The number of carbonyl (C=O) groups excluding carboxylic acids is 4. The number of phenolic OH excluding ortho intramolecular Hbond substituents is 3. The number of aromatic hydroxyl groups is 3. The first-order chi connectivity index (χ1) is 24.3. The Morgan fingerprint density at radius 2 is 1.60 bits per heavy atom. The van der Waals surface area contributed by atoms with Crippen molar-refractivity contribution in [3.05, 3.63) is 23.5 Å². The van der Waals surface area contributed by atoms with Gasteiger partial charge in [-0.25, -0.2) is 0 Å². The average molecular weight is 728 g/mol. The van der Waals surface area contributed by atoms with E-state index in [0.717, 1.165) is 0 Å². The smallest absolute Gasteiger partial charge is 0.312 e. The maximum Gasteiger partial charge on any atom is 0.312 e. The fourth-order valence-corrected chi connectivity index (χ4v) is 7.99. The summed E-state index contributed by atoms with van der Waals surface area (Å²) in [5, 5.41) is 58.7. The lowest BCUT2D eigenvalue weighted by Gasteiger charge is -2.37. The van der Waals surface area contributed by atoms with Gasteiger partial charge in [-0.15, -0.1) is 0 Å². The van der Waals surface area contributed by atoms with Crippen molar-refractivity contribution in [2.75, 3.05) is 12.4 Å². The summed E-state index contributed by atoms with van der Waals surface area (Å²) in [6.45, 7) is 10.4. The number of aliphatic hydroxyl groups excluding tert-OH is 2. The zero-order valence-electron chi connectivity index (χ0n) is 30.2. The van der Waals surface area contributed by atoms with Crippen molar-refractivity contribution in [2.45, 2.75) is 97.1 Å². The van der Waals surface area contributed by atoms with Gasteiger partial charge < -0.3 is 54.5 Å². The van der Waals surface area contributed by atoms with Crippen molar-refractivity contribution in [2.24, 2.45) is 29.6 Å². The second-order valence-corrected chi connectivity index (χ2v) is 14.9. The van der Waals surface area contributed by atoms with Crippen molar-refractivity contribution in [3.63, 3.8) is 0 Å². The Morgan fingerprint density at radius 3 is 2.23 bits per heavy atom. The number of nitrogens with one attached hydrogen (secondary N) is 1. The molecule has 0 unspecified atom stereocenters. The Kier molecular flexibility index (Phi) is 9.16. The zero-order chi connectivity index (χ0) is 38.4. The quantitative estimate of drug-likeness (QED) is 0.193. The van der Waals surface area contributed by atoms with Crippen LogP contribution in [0.25, 0.3) is 10.8 Å². The molecule has 15 nitrogen and oxygen atoms in total. The number of amides is 1. The molecule has 6 N–H and O–H groups in total. The molecular weight excluding hydrogens is 682 g/mol. The average Bonchev–Trinajstić information content (AvgIpc) is 3.85. The van der Waals surface area contributed by atoms with Crippen LogP contribution in [0.3, 0.4) is 0 Å². The Morgan fingerprint density at radius 1 is 0.923 bits per heavy atom. The highest BCUT2D eigenvalue weighted by atomic mass is 16.7. The molecular formula is C37H45NO14. The van der Waals surface area contributed by atoms with Crippen LogP contribution in [0.5, 0.6) is 28.7 Å². The SMILES string of the molecule is CO[C@H]1/C=C/O[C@@]2(C)Oc3c(C)c(O)c4c5c(c(O)c(O)c4c3C2=O)NC(=O)[C@](C)(CC(=O)[C@@H]2C[C@@H]2[C@H](O)[C@@H](C)[C@@H](O)[C@@H](C)[C@H](OC(C)=O)[C@@H]1C)O5. The minimum absolute atomic E-state index is 0.0557. The molecule has 1 saturated carbocycles. The van der Waals surface area contributed by atoms with Crippen LogP contribution in [0.15, 0.2) is 12.3 Å². The van der Waals surface area contributed by atoms with Gasteiger partial charge in [0.15, 0.2) is 22.8 Å². The molecule has 0 aromatic heterocycles. The highest BCUT2D eigenvalue weighted by molar-refractivity contribution is 6.23. The number of hydrogen-bond acceptors (Lipinski definition) is 14. The van der Waals surface area contributed by atoms with Gasteiger partial charge in [0, 0.05) is 55.6 Å². The molecule has 15 heteroatoms. The van der Waals surface area contributed by atoms with Crippen molar-refractivity contribution >= 4 is 39.9 Å². The number of phenols is 3. The molecule has 282 valence electrons. The van der Waals surface area contributed by atoms with E-state index in [0.29, 0.717) is 0 Å². The van der Waals surface area contributed by atoms with Gasteiger partial charge in [-0.2, -0.15) is 0 Å². The third kappa shape index (κ3) is 5.69. The largest absolute Gasteiger partial charge is 0.507 e. The molecule has 0 radical (unpaired) electrons. The number of ether oxygens (including phenoxy) is 5. The van der Waals surface area contributed by atoms with E-state index in [1.54, 1.807) is 20.8 Å². The van der Waals surface area contributed by atoms with E-state index in [2.05, 4.69) is 5.32 Å². The number of rotatable bonds is 2. The molecule has 6 bridgehead atoms. The molecule has 3 heterocycles. The second kappa shape index (κ2) is 12.8. The number of carbonyl (C=O) groups is 4. The van der Waals surface area contributed by atoms with Crippen LogP contribution >= 0.6 is 0 Å². The summed E-state index contributed by atoms with van der Waals surface area (Å²) in [5.41, 5.74) is -2.44. The van der Waals surface area contributed by atoms with Crippen LogP contribution < -0.4 is 14.8 Å². The Bertz CT molecular complexity index is 1910. The highest BCUT2D eigenvalue weighted by Crippen LogP contribution is 2.59. The van der Waals surface area contributed by atoms with E-state index in [1.165, 1.54) is 47.1 Å². The molecule has 4 aliphatic rings. The number of fused-ring (bicyclic) bond motifs is 3. The van der Waals surface area contributed by atoms with Crippen LogP contribution in [0.2, 0.25) is 0 Å². The summed E-state index contributed by atoms with van der Waals surface area (Å²) in [6, 6.07) is 0. The molecule has 0 spiro atoms. The predicted molar refractivity (Wildman–Crippen MR) is 182 cm³/mol. The first kappa shape index (κ1) is 37.2. The number of benzene rings is 2. The van der Waals surface area contributed by atoms with Crippen molar-refractivity contribution in [3.8, 4) is 28.7 Å². The number of hydrogen-bond donors (Lipinski definition) is 6. The van der Waals surface area contributed by atoms with E-state index in [4.69, 9.17) is 23.7 Å². The normalized spacial score (nSPS) is 36.6. The number of aliphatic hydroxyl groups is 2. The summed E-state index contributed by atoms with van der Waals surface area (Å²) in [4.78, 5) is 53.6. The molecule has 1 fully saturated rings. The van der Waals surface area contributed by atoms with Gasteiger partial charge in [-0.05, 0) is 32.3 Å². The van der Waals surface area contributed by atoms with Crippen molar-refractivity contribution < 1.29 is 68.4 Å². The summed E-state index contributed by atoms with van der Waals surface area (Å²) in [7, 11) is 1.41. The fourth-order valence-electron chi connectivity index (χ4n) is 7.99. The van der Waals surface area contributed by atoms with E-state index in [9.17, 15) is 44.7 Å². The standard InChI is InChI=1S/C37H45NO14/c1-13-21(48-8)9-10-49-37(7)34(46)24-22-23(28(43)16(4)32(24)52-37)33-25(30(45)29(22)44)38-35(47)36(6,51-33)12-20(40)18-11-19(18)27(42)14(2)26(41)15(3)31(13)50-17(5)39/h9-10,13-15,18-19,21,26-27,31,41-45H,11-12H2,1-8H3,(H,38,47)/b10-9+/t13-,14+,15-,18-,19+,21+,26-,27-,31-,36+,37+/m1/s1. The summed E-state index contributed by atoms with van der Waals surface area (Å²) >= 11 is 0. The summed E-state index contributed by atoms with van der Waals surface area (Å²) in [5.74, 6) is -10.6. The molecule has 2 aromatic rings. The van der Waals surface area contributed by atoms with Gasteiger partial charge in [-0.1, -0.05) is 20.8 Å². The molecule has 0 saturated heterocycles. The minimum atomic E-state index is -2.05. The van der Waals surface area contributed by atoms with E-state index in [1.807, 2.05) is 0 Å². The van der Waals surface area contributed by atoms with Crippen LogP contribution in [-0.2, 0) is 28.6 Å². The lowest BCUT2D eigenvalue weighted by molar-refractivity contribution is -0.160. The predicted octanol–water partition coefficient (Wildman–Crippen LogP) is 3.36. The third-order valence-electron chi connectivity index (χ3n) is 11.3. The summed E-state index contributed by atoms with van der Waals surface area (Å²) in [6.07, 6.45) is -1.60. The molecule has 6 rings (SSSR count). The van der Waals surface area contributed by atoms with E-state index in [-0.39, 0.29) is 45.5 Å². The second-order valence-electron chi connectivity index (χ2n) is 14.9. The first-order valence-electron chi connectivity index (χ1n) is 17.2. The number of esters is 1. The molecule has 11 atom stereocenters. The zero-order valence-corrected chi connectivity index (χ0v) is 30.2. The maximum absolute atomic E-state index is 14.2. The van der Waals surface area contributed by atoms with Crippen LogP contribution in [0, 0.1) is 36.5 Å². The van der Waals surface area contributed by atoms with Crippen LogP contribution in [0.4, 0.5) is 5.69 Å². The van der Waals surface area contributed by atoms with Gasteiger partial charge in [0.25, 0.3) is 11.7 Å². The minimum Gasteiger partial charge on any atom is -0.507 e. The number of ketones is 2. The fraction of sp³-hybridized carbons (Fsp3) is 0.568. The third-order valence-corrected chi connectivity index (χ3v) is 11.3. The van der Waals surface area contributed by atoms with Gasteiger partial charge in [0.1, 0.15) is 29.1 Å². The van der Waals surface area contributed by atoms with Crippen molar-refractivity contribution in [1.82, 2.24) is 0 Å². The van der Waals surface area contributed by atoms with Gasteiger partial charge >= 0.3 is 11.8 Å². The number of anilines is 1. The van der Waals surface area contributed by atoms with Gasteiger partial charge in [-0.3, -0.25) is 19.2 Å². The molecule has 2 aromatic carbocycles. The monoisotopic (exact) mass is 727 g/mol. The first-order valence-corrected chi connectivity index (χ1v) is 17.2. The van der Waals surface area contributed by atoms with Gasteiger partial charge in [0.2, 0.25) is 0 Å². The lowest BCUT2D eigenvalue weighted by Crippen LogP contribution is -2.50. The Labute approximate surface area is 299 Å². The van der Waals surface area contributed by atoms with Gasteiger partial charge in [0.05, 0.1) is 41.9 Å². The highest BCUT2D eigenvalue weighted by Gasteiger charge is 2.55. The van der Waals surface area contributed by atoms with Crippen molar-refractivity contribution in [1.29, 1.82) is 0 Å². The molecule has 3 aliphatic heterocycles. The Balaban J connectivity index is 1.50. The maximum atomic E-state index is 14.2. The summed E-state index contributed by atoms with van der Waals surface area (Å²) < 4.78 is 29.4. The van der Waals surface area contributed by atoms with E-state index < -0.39 is 113 Å². The lowest BCUT2D eigenvalue weighted by atomic mass is 9.79. The molecule has 52 heavy (non-hydrogen) atoms. The number of methoxy groups -OCH3 is 1. The van der Waals surface area contributed by atoms with Crippen LogP contribution in [0.1, 0.15) is 70.3 Å². The molecule has 1 amide bonds.